The van der Waals surface area contributed by atoms with Crippen molar-refractivity contribution in [3.63, 3.8) is 0 Å². The molecule has 4 N–H and O–H groups in total. The molecule has 0 unspecified atom stereocenters. The highest BCUT2D eigenvalue weighted by atomic mass is 16.6. The maximum Gasteiger partial charge on any atom is 0.408 e. The molecule has 2 amide bonds. The lowest BCUT2D eigenvalue weighted by atomic mass is 9.92. The fourth-order valence-electron chi connectivity index (χ4n) is 6.24. The monoisotopic (exact) mass is 648 g/mol. The van der Waals surface area contributed by atoms with Gasteiger partial charge in [-0.05, 0) is 95.3 Å². The van der Waals surface area contributed by atoms with Crippen LogP contribution in [0.25, 0.3) is 38.6 Å². The number of hydrogen-bond acceptors (Lipinski definition) is 8. The van der Waals surface area contributed by atoms with Crippen molar-refractivity contribution in [2.45, 2.75) is 71.1 Å². The molecule has 1 aliphatic rings. The Kier molecular flexibility index (Phi) is 9.03. The van der Waals surface area contributed by atoms with Crippen molar-refractivity contribution in [2.75, 3.05) is 11.9 Å². The van der Waals surface area contributed by atoms with Crippen molar-refractivity contribution in [3.8, 4) is 16.8 Å². The Balaban J connectivity index is 1.17. The molecular formula is C37H40N6O5. The Bertz CT molecular complexity index is 2010. The Hall–Kier alpha value is -5.45. The van der Waals surface area contributed by atoms with Gasteiger partial charge in [-0.25, -0.2) is 9.48 Å². The quantitative estimate of drug-likeness (QED) is 0.163. The van der Waals surface area contributed by atoms with Crippen molar-refractivity contribution in [1.82, 2.24) is 20.1 Å². The molecule has 1 aliphatic carbocycles. The lowest BCUT2D eigenvalue weighted by Gasteiger charge is -2.30. The highest BCUT2D eigenvalue weighted by Gasteiger charge is 2.26. The number of nitrogens with two attached hydrogens (primary N) is 1. The van der Waals surface area contributed by atoms with Crippen LogP contribution in [0.15, 0.2) is 72.9 Å². The van der Waals surface area contributed by atoms with Crippen molar-refractivity contribution >= 4 is 45.5 Å². The van der Waals surface area contributed by atoms with Crippen LogP contribution in [0.3, 0.4) is 0 Å². The Morgan fingerprint density at radius 1 is 0.979 bits per heavy atom. The number of anilines is 1. The van der Waals surface area contributed by atoms with Crippen LogP contribution in [0.4, 0.5) is 10.5 Å². The predicted octanol–water partition coefficient (Wildman–Crippen LogP) is 6.44. The molecule has 11 nitrogen and oxygen atoms in total. The SMILES string of the molecule is Cc1nn(-c2ccc(C(N)=O)c(NC3CCC(OC(=O)CNC(=O)OC(C)(C)C)CC3)c2)c2cccc(-c3cnc4ccccc4c3)c12. The number of fused-ring (bicyclic) bond motifs is 2. The van der Waals surface area contributed by atoms with E-state index in [9.17, 15) is 14.4 Å². The van der Waals surface area contributed by atoms with Crippen LogP contribution in [-0.2, 0) is 14.3 Å². The molecule has 0 atom stereocenters. The number of para-hydroxylation sites is 1. The summed E-state index contributed by atoms with van der Waals surface area (Å²) in [6, 6.07) is 21.9. The van der Waals surface area contributed by atoms with E-state index in [1.165, 1.54) is 0 Å². The second kappa shape index (κ2) is 13.3. The van der Waals surface area contributed by atoms with E-state index in [2.05, 4.69) is 33.8 Å². The summed E-state index contributed by atoms with van der Waals surface area (Å²) in [5, 5.41) is 13.0. The van der Waals surface area contributed by atoms with Crippen molar-refractivity contribution in [1.29, 1.82) is 0 Å². The normalized spacial score (nSPS) is 16.4. The smallest absolute Gasteiger partial charge is 0.408 e. The number of aryl methyl sites for hydroxylation is 1. The predicted molar refractivity (Wildman–Crippen MR) is 185 cm³/mol. The number of rotatable bonds is 8. The number of aromatic nitrogens is 3. The molecule has 2 aromatic heterocycles. The number of carbonyl (C=O) groups is 3. The lowest BCUT2D eigenvalue weighted by Crippen LogP contribution is -2.38. The van der Waals surface area contributed by atoms with Crippen LogP contribution in [-0.4, -0.2) is 57.0 Å². The summed E-state index contributed by atoms with van der Waals surface area (Å²) in [5.74, 6) is -1.04. The summed E-state index contributed by atoms with van der Waals surface area (Å²) < 4.78 is 12.6. The van der Waals surface area contributed by atoms with Gasteiger partial charge in [0.05, 0.1) is 28.0 Å². The Morgan fingerprint density at radius 3 is 2.50 bits per heavy atom. The van der Waals surface area contributed by atoms with Gasteiger partial charge in [0.1, 0.15) is 18.2 Å². The molecule has 0 aliphatic heterocycles. The number of amides is 2. The van der Waals surface area contributed by atoms with Crippen LogP contribution < -0.4 is 16.4 Å². The third-order valence-corrected chi connectivity index (χ3v) is 8.41. The molecule has 0 bridgehead atoms. The molecule has 248 valence electrons. The number of alkyl carbamates (subject to hydrolysis) is 1. The topological polar surface area (TPSA) is 150 Å². The van der Waals surface area contributed by atoms with Gasteiger partial charge in [0, 0.05) is 34.3 Å². The number of pyridine rings is 1. The molecule has 0 spiro atoms. The second-order valence-electron chi connectivity index (χ2n) is 13.2. The fraction of sp³-hybridized carbons (Fsp3) is 0.324. The lowest BCUT2D eigenvalue weighted by molar-refractivity contribution is -0.149. The molecule has 48 heavy (non-hydrogen) atoms. The number of benzene rings is 3. The van der Waals surface area contributed by atoms with Crippen LogP contribution in [0.1, 0.15) is 62.5 Å². The van der Waals surface area contributed by atoms with Crippen LogP contribution >= 0.6 is 0 Å². The zero-order chi connectivity index (χ0) is 34.0. The molecular weight excluding hydrogens is 608 g/mol. The molecule has 5 aromatic rings. The van der Waals surface area contributed by atoms with E-state index < -0.39 is 23.6 Å². The first-order chi connectivity index (χ1) is 22.9. The third-order valence-electron chi connectivity index (χ3n) is 8.41. The van der Waals surface area contributed by atoms with Gasteiger partial charge >= 0.3 is 12.1 Å². The molecule has 6 rings (SSSR count). The Morgan fingerprint density at radius 2 is 1.75 bits per heavy atom. The van der Waals surface area contributed by atoms with Crippen molar-refractivity contribution in [3.05, 3.63) is 84.2 Å². The number of ether oxygens (including phenoxy) is 2. The number of carbonyl (C=O) groups excluding carboxylic acids is 3. The van der Waals surface area contributed by atoms with Gasteiger partial charge in [-0.3, -0.25) is 14.6 Å². The first kappa shape index (κ1) is 32.5. The third kappa shape index (κ3) is 7.25. The molecule has 1 saturated carbocycles. The molecule has 1 fully saturated rings. The van der Waals surface area contributed by atoms with E-state index in [0.29, 0.717) is 36.9 Å². The van der Waals surface area contributed by atoms with E-state index in [1.54, 1.807) is 26.8 Å². The summed E-state index contributed by atoms with van der Waals surface area (Å²) in [4.78, 5) is 41.3. The van der Waals surface area contributed by atoms with E-state index in [4.69, 9.17) is 20.3 Å². The molecule has 3 aromatic carbocycles. The maximum atomic E-state index is 12.4. The summed E-state index contributed by atoms with van der Waals surface area (Å²) in [7, 11) is 0. The Labute approximate surface area is 278 Å². The van der Waals surface area contributed by atoms with Crippen molar-refractivity contribution < 1.29 is 23.9 Å². The largest absolute Gasteiger partial charge is 0.461 e. The van der Waals surface area contributed by atoms with E-state index in [-0.39, 0.29) is 18.7 Å². The highest BCUT2D eigenvalue weighted by molar-refractivity contribution is 6.00. The zero-order valence-electron chi connectivity index (χ0n) is 27.6. The molecule has 0 radical (unpaired) electrons. The average Bonchev–Trinajstić information content (AvgIpc) is 3.40. The summed E-state index contributed by atoms with van der Waals surface area (Å²) in [6.45, 7) is 6.99. The van der Waals surface area contributed by atoms with Gasteiger partial charge in [0.2, 0.25) is 0 Å². The minimum absolute atomic E-state index is 0.0382. The minimum atomic E-state index is -0.666. The molecule has 0 saturated heterocycles. The zero-order valence-corrected chi connectivity index (χ0v) is 27.6. The van der Waals surface area contributed by atoms with Gasteiger partial charge in [-0.15, -0.1) is 0 Å². The molecule has 2 heterocycles. The summed E-state index contributed by atoms with van der Waals surface area (Å²) in [6.07, 6.45) is 3.67. The highest BCUT2D eigenvalue weighted by Crippen LogP contribution is 2.34. The fourth-order valence-corrected chi connectivity index (χ4v) is 6.24. The molecule has 11 heteroatoms. The standard InChI is InChI=1S/C37H40N6O5/c1-22-34-28(24-18-23-8-5-6-10-30(23)39-20-24)9-7-11-32(34)43(42-22)26-14-17-29(35(38)45)31(19-26)41-25-12-15-27(16-13-25)47-33(44)21-40-36(46)48-37(2,3)4/h5-11,14,17-20,25,27,41H,12-13,15-16,21H2,1-4H3,(H2,38,45)(H,40,46). The van der Waals surface area contributed by atoms with Gasteiger partial charge in [-0.2, -0.15) is 5.10 Å². The van der Waals surface area contributed by atoms with Gasteiger partial charge < -0.3 is 25.8 Å². The summed E-state index contributed by atoms with van der Waals surface area (Å²) >= 11 is 0. The first-order valence-corrected chi connectivity index (χ1v) is 16.2. The van der Waals surface area contributed by atoms with Gasteiger partial charge in [0.15, 0.2) is 0 Å². The first-order valence-electron chi connectivity index (χ1n) is 16.2. The van der Waals surface area contributed by atoms with E-state index in [1.807, 2.05) is 60.3 Å². The maximum absolute atomic E-state index is 12.4. The van der Waals surface area contributed by atoms with Gasteiger partial charge in [-0.1, -0.05) is 30.3 Å². The van der Waals surface area contributed by atoms with E-state index >= 15 is 0 Å². The van der Waals surface area contributed by atoms with E-state index in [0.717, 1.165) is 44.3 Å². The number of nitrogens with zero attached hydrogens (tertiary/aromatic N) is 3. The summed E-state index contributed by atoms with van der Waals surface area (Å²) in [5.41, 5.74) is 11.7. The minimum Gasteiger partial charge on any atom is -0.461 e. The van der Waals surface area contributed by atoms with Crippen molar-refractivity contribution in [2.24, 2.45) is 5.73 Å². The number of primary amides is 1. The van der Waals surface area contributed by atoms with Crippen LogP contribution in [0.5, 0.6) is 0 Å². The van der Waals surface area contributed by atoms with Crippen LogP contribution in [0.2, 0.25) is 0 Å². The number of hydrogen-bond donors (Lipinski definition) is 3. The average molecular weight is 649 g/mol. The van der Waals surface area contributed by atoms with Gasteiger partial charge in [0.25, 0.3) is 5.91 Å². The van der Waals surface area contributed by atoms with Crippen LogP contribution in [0, 0.1) is 6.92 Å². The number of nitrogens with one attached hydrogen (secondary N) is 2. The second-order valence-corrected chi connectivity index (χ2v) is 13.2. The number of esters is 1.